The van der Waals surface area contributed by atoms with E-state index in [0.29, 0.717) is 0 Å². The van der Waals surface area contributed by atoms with Crippen LogP contribution in [0.15, 0.2) is 12.1 Å². The van der Waals surface area contributed by atoms with Gasteiger partial charge in [0.25, 0.3) is 0 Å². The largest absolute Gasteiger partial charge is 0.481 e. The number of nitrogens with one attached hydrogen (secondary N) is 1. The van der Waals surface area contributed by atoms with Gasteiger partial charge in [0.2, 0.25) is 0 Å². The summed E-state index contributed by atoms with van der Waals surface area (Å²) < 4.78 is 38.8. The number of carboxylic acid groups (broad SMARTS) is 1. The Morgan fingerprint density at radius 2 is 1.82 bits per heavy atom. The molecule has 1 aromatic rings. The first kappa shape index (κ1) is 13.3. The van der Waals surface area contributed by atoms with E-state index in [1.807, 2.05) is 0 Å². The average Bonchev–Trinajstić information content (AvgIpc) is 2.28. The van der Waals surface area contributed by atoms with Crippen LogP contribution in [0.1, 0.15) is 13.8 Å². The van der Waals surface area contributed by atoms with Crippen molar-refractivity contribution in [1.82, 2.24) is 0 Å². The topological polar surface area (TPSA) is 49.3 Å². The average molecular weight is 247 g/mol. The molecular weight excluding hydrogens is 235 g/mol. The first-order chi connectivity index (χ1) is 7.84. The van der Waals surface area contributed by atoms with Gasteiger partial charge < -0.3 is 10.4 Å². The summed E-state index contributed by atoms with van der Waals surface area (Å²) >= 11 is 0. The third kappa shape index (κ3) is 2.89. The molecule has 0 aromatic heterocycles. The van der Waals surface area contributed by atoms with Crippen LogP contribution in [0, 0.1) is 23.4 Å². The zero-order valence-electron chi connectivity index (χ0n) is 9.30. The Bertz CT molecular complexity index is 437. The summed E-state index contributed by atoms with van der Waals surface area (Å²) in [6, 6.07) is 1.18. The highest BCUT2D eigenvalue weighted by Gasteiger charge is 2.21. The van der Waals surface area contributed by atoms with Gasteiger partial charge in [0.05, 0.1) is 11.6 Å². The van der Waals surface area contributed by atoms with Crippen LogP contribution in [-0.2, 0) is 4.79 Å². The smallest absolute Gasteiger partial charge is 0.308 e. The number of halogens is 3. The molecule has 0 saturated carbocycles. The maximum absolute atomic E-state index is 13.3. The lowest BCUT2D eigenvalue weighted by molar-refractivity contribution is -0.141. The Labute approximate surface area is 96.3 Å². The van der Waals surface area contributed by atoms with Crippen LogP contribution in [0.2, 0.25) is 0 Å². The lowest BCUT2D eigenvalue weighted by atomic mass is 10.0. The maximum atomic E-state index is 13.3. The van der Waals surface area contributed by atoms with Gasteiger partial charge in [-0.2, -0.15) is 0 Å². The number of rotatable bonds is 4. The third-order valence-corrected chi connectivity index (χ3v) is 2.56. The quantitative estimate of drug-likeness (QED) is 0.804. The van der Waals surface area contributed by atoms with Crippen molar-refractivity contribution in [2.45, 2.75) is 19.9 Å². The van der Waals surface area contributed by atoms with E-state index in [1.54, 1.807) is 0 Å². The zero-order chi connectivity index (χ0) is 13.2. The van der Waals surface area contributed by atoms with Gasteiger partial charge in [0, 0.05) is 6.04 Å². The Morgan fingerprint density at radius 3 is 2.35 bits per heavy atom. The van der Waals surface area contributed by atoms with Crippen molar-refractivity contribution in [2.24, 2.45) is 5.92 Å². The van der Waals surface area contributed by atoms with Crippen molar-refractivity contribution in [1.29, 1.82) is 0 Å². The molecule has 0 bridgehead atoms. The fourth-order valence-electron chi connectivity index (χ4n) is 1.22. The highest BCUT2D eigenvalue weighted by atomic mass is 19.2. The molecule has 17 heavy (non-hydrogen) atoms. The van der Waals surface area contributed by atoms with Crippen molar-refractivity contribution in [2.75, 3.05) is 5.32 Å². The molecule has 94 valence electrons. The fourth-order valence-corrected chi connectivity index (χ4v) is 1.22. The molecular formula is C11H12F3NO2. The van der Waals surface area contributed by atoms with E-state index >= 15 is 0 Å². The molecule has 0 heterocycles. The Kier molecular flexibility index (Phi) is 3.98. The molecule has 2 N–H and O–H groups in total. The van der Waals surface area contributed by atoms with Crippen LogP contribution in [0.3, 0.4) is 0 Å². The normalized spacial score (nSPS) is 14.2. The predicted molar refractivity (Wildman–Crippen MR) is 56.2 cm³/mol. The van der Waals surface area contributed by atoms with Crippen LogP contribution in [0.4, 0.5) is 18.9 Å². The van der Waals surface area contributed by atoms with E-state index in [9.17, 15) is 18.0 Å². The molecule has 0 fully saturated rings. The predicted octanol–water partition coefficient (Wildman–Crippen LogP) is 2.62. The maximum Gasteiger partial charge on any atom is 0.308 e. The molecule has 0 aliphatic heterocycles. The molecule has 0 amide bonds. The van der Waals surface area contributed by atoms with Gasteiger partial charge >= 0.3 is 5.97 Å². The number of carboxylic acids is 1. The van der Waals surface area contributed by atoms with Gasteiger partial charge in [-0.3, -0.25) is 4.79 Å². The minimum atomic E-state index is -1.58. The van der Waals surface area contributed by atoms with Crippen molar-refractivity contribution in [3.05, 3.63) is 29.6 Å². The van der Waals surface area contributed by atoms with E-state index in [-0.39, 0.29) is 5.69 Å². The first-order valence-electron chi connectivity index (χ1n) is 4.97. The van der Waals surface area contributed by atoms with Crippen LogP contribution in [-0.4, -0.2) is 17.1 Å². The molecule has 1 rings (SSSR count). The van der Waals surface area contributed by atoms with Gasteiger partial charge in [-0.1, -0.05) is 0 Å². The van der Waals surface area contributed by atoms with Crippen molar-refractivity contribution in [3.63, 3.8) is 0 Å². The Hall–Kier alpha value is -1.72. The standard InChI is InChI=1S/C11H12F3NO2/c1-5(11(16)17)6(2)15-8-4-3-7(12)9(13)10(8)14/h3-6,15H,1-2H3,(H,16,17). The summed E-state index contributed by atoms with van der Waals surface area (Å²) in [6.07, 6.45) is 0. The molecule has 0 aliphatic carbocycles. The molecule has 0 spiro atoms. The van der Waals surface area contributed by atoms with Gasteiger partial charge in [-0.25, -0.2) is 13.2 Å². The minimum absolute atomic E-state index is 0.260. The van der Waals surface area contributed by atoms with Crippen LogP contribution in [0.5, 0.6) is 0 Å². The zero-order valence-corrected chi connectivity index (χ0v) is 9.30. The third-order valence-electron chi connectivity index (χ3n) is 2.56. The van der Waals surface area contributed by atoms with Crippen LogP contribution >= 0.6 is 0 Å². The highest BCUT2D eigenvalue weighted by Crippen LogP contribution is 2.21. The second kappa shape index (κ2) is 5.07. The molecule has 2 atom stereocenters. The van der Waals surface area contributed by atoms with E-state index in [1.165, 1.54) is 13.8 Å². The number of hydrogen-bond acceptors (Lipinski definition) is 2. The summed E-state index contributed by atoms with van der Waals surface area (Å²) in [6.45, 7) is 2.94. The molecule has 3 nitrogen and oxygen atoms in total. The van der Waals surface area contributed by atoms with E-state index in [4.69, 9.17) is 5.11 Å². The summed E-state index contributed by atoms with van der Waals surface area (Å²) in [5, 5.41) is 11.2. The Morgan fingerprint density at radius 1 is 1.24 bits per heavy atom. The molecule has 6 heteroatoms. The van der Waals surface area contributed by atoms with Gasteiger partial charge in [-0.05, 0) is 26.0 Å². The fraction of sp³-hybridized carbons (Fsp3) is 0.364. The second-order valence-corrected chi connectivity index (χ2v) is 3.78. The second-order valence-electron chi connectivity index (χ2n) is 3.78. The van der Waals surface area contributed by atoms with Gasteiger partial charge in [0.1, 0.15) is 0 Å². The highest BCUT2D eigenvalue weighted by molar-refractivity contribution is 5.71. The lowest BCUT2D eigenvalue weighted by Gasteiger charge is -2.19. The number of anilines is 1. The van der Waals surface area contributed by atoms with Crippen molar-refractivity contribution >= 4 is 11.7 Å². The molecule has 2 unspecified atom stereocenters. The minimum Gasteiger partial charge on any atom is -0.481 e. The van der Waals surface area contributed by atoms with Crippen LogP contribution < -0.4 is 5.32 Å². The van der Waals surface area contributed by atoms with Crippen molar-refractivity contribution in [3.8, 4) is 0 Å². The van der Waals surface area contributed by atoms with E-state index < -0.39 is 35.4 Å². The molecule has 0 radical (unpaired) electrons. The summed E-state index contributed by atoms with van der Waals surface area (Å²) in [4.78, 5) is 10.7. The van der Waals surface area contributed by atoms with Crippen molar-refractivity contribution < 1.29 is 23.1 Å². The lowest BCUT2D eigenvalue weighted by Crippen LogP contribution is -2.30. The first-order valence-corrected chi connectivity index (χ1v) is 4.97. The Balaban J connectivity index is 2.89. The van der Waals surface area contributed by atoms with Gasteiger partial charge in [-0.15, -0.1) is 0 Å². The SMILES string of the molecule is CC(Nc1ccc(F)c(F)c1F)C(C)C(=O)O. The summed E-state index contributed by atoms with van der Waals surface area (Å²) in [5.74, 6) is -6.07. The summed E-state index contributed by atoms with van der Waals surface area (Å²) in [7, 11) is 0. The molecule has 0 saturated heterocycles. The summed E-state index contributed by atoms with van der Waals surface area (Å²) in [5.41, 5.74) is -0.260. The van der Waals surface area contributed by atoms with Crippen LogP contribution in [0.25, 0.3) is 0 Å². The monoisotopic (exact) mass is 247 g/mol. The number of benzene rings is 1. The number of hydrogen-bond donors (Lipinski definition) is 2. The number of aliphatic carboxylic acids is 1. The molecule has 0 aliphatic rings. The number of carbonyl (C=O) groups is 1. The van der Waals surface area contributed by atoms with Gasteiger partial charge in [0.15, 0.2) is 17.5 Å². The van der Waals surface area contributed by atoms with E-state index in [0.717, 1.165) is 12.1 Å². The van der Waals surface area contributed by atoms with E-state index in [2.05, 4.69) is 5.32 Å². The molecule has 1 aromatic carbocycles.